The monoisotopic (exact) mass is 227 g/mol. The van der Waals surface area contributed by atoms with Gasteiger partial charge in [0.1, 0.15) is 0 Å². The summed E-state index contributed by atoms with van der Waals surface area (Å²) in [5.74, 6) is -1.51. The second kappa shape index (κ2) is 4.63. The Morgan fingerprint density at radius 3 is 2.50 bits per heavy atom. The van der Waals surface area contributed by atoms with Crippen molar-refractivity contribution in [3.63, 3.8) is 0 Å². The third-order valence-electron chi connectivity index (χ3n) is 2.65. The first-order chi connectivity index (χ1) is 7.44. The smallest absolute Gasteiger partial charge is 0.339 e. The Balaban J connectivity index is 2.98. The number of esters is 1. The third-order valence-corrected chi connectivity index (χ3v) is 2.65. The van der Waals surface area contributed by atoms with Gasteiger partial charge in [0.25, 0.3) is 0 Å². The molecule has 1 amide bonds. The minimum absolute atomic E-state index is 0.192. The highest BCUT2D eigenvalue weighted by atomic mass is 16.5. The number of hydrogen-bond donors (Lipinski definition) is 1. The van der Waals surface area contributed by atoms with Crippen LogP contribution in [0, 0.1) is 5.92 Å². The lowest BCUT2D eigenvalue weighted by molar-refractivity contribution is -0.156. The van der Waals surface area contributed by atoms with Crippen molar-refractivity contribution in [2.75, 3.05) is 6.61 Å². The van der Waals surface area contributed by atoms with Crippen molar-refractivity contribution >= 4 is 17.7 Å². The van der Waals surface area contributed by atoms with Crippen LogP contribution in [0.2, 0.25) is 0 Å². The number of amides is 1. The lowest BCUT2D eigenvalue weighted by Crippen LogP contribution is -2.57. The number of carbonyl (C=O) groups is 3. The van der Waals surface area contributed by atoms with Crippen LogP contribution in [0.15, 0.2) is 0 Å². The summed E-state index contributed by atoms with van der Waals surface area (Å²) in [6.07, 6.45) is 0.388. The van der Waals surface area contributed by atoms with Crippen molar-refractivity contribution in [1.29, 1.82) is 0 Å². The Morgan fingerprint density at radius 2 is 2.12 bits per heavy atom. The quantitative estimate of drug-likeness (QED) is 0.558. The third kappa shape index (κ3) is 2.08. The molecule has 1 N–H and O–H groups in total. The fourth-order valence-electron chi connectivity index (χ4n) is 1.85. The summed E-state index contributed by atoms with van der Waals surface area (Å²) in [6, 6.07) is 0. The zero-order valence-electron chi connectivity index (χ0n) is 9.83. The standard InChI is InChI=1S/C11H17NO4/c1-4-16-10(15)11(9(14)7(2)3)6-5-8(13)12-11/h7H,4-6H2,1-3H3,(H,12,13)/t11-/m0/s1. The van der Waals surface area contributed by atoms with Gasteiger partial charge in [-0.1, -0.05) is 13.8 Å². The number of Topliss-reactive ketones (excluding diaryl/α,β-unsaturated/α-hetero) is 1. The molecule has 16 heavy (non-hydrogen) atoms. The molecule has 1 atom stereocenters. The maximum absolute atomic E-state index is 12.0. The topological polar surface area (TPSA) is 72.5 Å². The molecule has 90 valence electrons. The maximum atomic E-state index is 12.0. The van der Waals surface area contributed by atoms with Crippen LogP contribution in [0.4, 0.5) is 0 Å². The van der Waals surface area contributed by atoms with Gasteiger partial charge in [-0.15, -0.1) is 0 Å². The number of rotatable bonds is 4. The summed E-state index contributed by atoms with van der Waals surface area (Å²) < 4.78 is 4.87. The van der Waals surface area contributed by atoms with Crippen molar-refractivity contribution in [2.45, 2.75) is 39.2 Å². The fourth-order valence-corrected chi connectivity index (χ4v) is 1.85. The SMILES string of the molecule is CCOC(=O)[C@@]1(C(=O)C(C)C)CCC(=O)N1. The molecule has 0 aromatic rings. The van der Waals surface area contributed by atoms with Crippen LogP contribution < -0.4 is 5.32 Å². The normalized spacial score (nSPS) is 24.4. The van der Waals surface area contributed by atoms with E-state index < -0.39 is 11.5 Å². The molecule has 0 aliphatic carbocycles. The van der Waals surface area contributed by atoms with Gasteiger partial charge >= 0.3 is 5.97 Å². The van der Waals surface area contributed by atoms with E-state index in [0.29, 0.717) is 0 Å². The van der Waals surface area contributed by atoms with Crippen LogP contribution in [0.5, 0.6) is 0 Å². The molecule has 1 heterocycles. The molecule has 0 spiro atoms. The number of ether oxygens (including phenoxy) is 1. The fraction of sp³-hybridized carbons (Fsp3) is 0.727. The summed E-state index contributed by atoms with van der Waals surface area (Å²) in [7, 11) is 0. The van der Waals surface area contributed by atoms with Gasteiger partial charge in [0, 0.05) is 12.3 Å². The van der Waals surface area contributed by atoms with E-state index in [4.69, 9.17) is 4.74 Å². The molecule has 5 heteroatoms. The van der Waals surface area contributed by atoms with Crippen LogP contribution in [0.1, 0.15) is 33.6 Å². The van der Waals surface area contributed by atoms with Crippen molar-refractivity contribution in [3.8, 4) is 0 Å². The van der Waals surface area contributed by atoms with E-state index in [2.05, 4.69) is 5.32 Å². The van der Waals surface area contributed by atoms with E-state index >= 15 is 0 Å². The second-order valence-electron chi connectivity index (χ2n) is 4.19. The van der Waals surface area contributed by atoms with Gasteiger partial charge in [0.15, 0.2) is 11.3 Å². The number of nitrogens with one attached hydrogen (secondary N) is 1. The van der Waals surface area contributed by atoms with Crippen LogP contribution >= 0.6 is 0 Å². The predicted octanol–water partition coefficient (Wildman–Crippen LogP) is 0.423. The highest BCUT2D eigenvalue weighted by molar-refractivity contribution is 6.13. The van der Waals surface area contributed by atoms with Crippen molar-refractivity contribution in [2.24, 2.45) is 5.92 Å². The molecule has 1 fully saturated rings. The predicted molar refractivity (Wildman–Crippen MR) is 56.6 cm³/mol. The Morgan fingerprint density at radius 1 is 1.50 bits per heavy atom. The molecule has 0 bridgehead atoms. The van der Waals surface area contributed by atoms with Crippen molar-refractivity contribution < 1.29 is 19.1 Å². The Kier molecular flexibility index (Phi) is 3.67. The van der Waals surface area contributed by atoms with Gasteiger partial charge in [-0.3, -0.25) is 9.59 Å². The molecule has 0 radical (unpaired) electrons. The van der Waals surface area contributed by atoms with Gasteiger partial charge in [-0.25, -0.2) is 4.79 Å². The molecule has 1 saturated heterocycles. The van der Waals surface area contributed by atoms with Crippen molar-refractivity contribution in [1.82, 2.24) is 5.32 Å². The van der Waals surface area contributed by atoms with Gasteiger partial charge < -0.3 is 10.1 Å². The zero-order valence-corrected chi connectivity index (χ0v) is 9.83. The van der Waals surface area contributed by atoms with E-state index in [1.54, 1.807) is 20.8 Å². The van der Waals surface area contributed by atoms with E-state index in [-0.39, 0.29) is 37.1 Å². The van der Waals surface area contributed by atoms with E-state index in [0.717, 1.165) is 0 Å². The minimum atomic E-state index is -1.44. The molecular formula is C11H17NO4. The number of hydrogen-bond acceptors (Lipinski definition) is 4. The highest BCUT2D eigenvalue weighted by Gasteiger charge is 2.52. The summed E-state index contributed by atoms with van der Waals surface area (Å²) in [5, 5.41) is 2.47. The zero-order chi connectivity index (χ0) is 12.3. The Labute approximate surface area is 94.5 Å². The molecule has 0 aromatic heterocycles. The number of carbonyl (C=O) groups excluding carboxylic acids is 3. The summed E-state index contributed by atoms with van der Waals surface area (Å²) >= 11 is 0. The Bertz CT molecular complexity index is 324. The molecule has 0 saturated carbocycles. The van der Waals surface area contributed by atoms with E-state index in [9.17, 15) is 14.4 Å². The molecule has 1 aliphatic heterocycles. The molecule has 1 rings (SSSR count). The summed E-state index contributed by atoms with van der Waals surface area (Å²) in [4.78, 5) is 35.0. The minimum Gasteiger partial charge on any atom is -0.464 e. The molecule has 1 aliphatic rings. The van der Waals surface area contributed by atoms with Gasteiger partial charge in [0.05, 0.1) is 6.61 Å². The number of ketones is 1. The van der Waals surface area contributed by atoms with Crippen LogP contribution in [0.3, 0.4) is 0 Å². The first-order valence-electron chi connectivity index (χ1n) is 5.46. The average Bonchev–Trinajstić information content (AvgIpc) is 2.61. The van der Waals surface area contributed by atoms with Gasteiger partial charge in [-0.05, 0) is 13.3 Å². The summed E-state index contributed by atoms with van der Waals surface area (Å²) in [5.41, 5.74) is -1.44. The highest BCUT2D eigenvalue weighted by Crippen LogP contribution is 2.26. The molecule has 0 unspecified atom stereocenters. The van der Waals surface area contributed by atoms with Gasteiger partial charge in [-0.2, -0.15) is 0 Å². The first kappa shape index (κ1) is 12.7. The first-order valence-corrected chi connectivity index (χ1v) is 5.46. The van der Waals surface area contributed by atoms with E-state index in [1.807, 2.05) is 0 Å². The Hall–Kier alpha value is -1.39. The van der Waals surface area contributed by atoms with Crippen LogP contribution in [-0.4, -0.2) is 29.8 Å². The average molecular weight is 227 g/mol. The van der Waals surface area contributed by atoms with E-state index in [1.165, 1.54) is 0 Å². The molecule has 5 nitrogen and oxygen atoms in total. The largest absolute Gasteiger partial charge is 0.464 e. The molecular weight excluding hydrogens is 210 g/mol. The van der Waals surface area contributed by atoms with Crippen LogP contribution in [-0.2, 0) is 19.1 Å². The molecule has 0 aromatic carbocycles. The second-order valence-corrected chi connectivity index (χ2v) is 4.19. The van der Waals surface area contributed by atoms with Crippen LogP contribution in [0.25, 0.3) is 0 Å². The maximum Gasteiger partial charge on any atom is 0.339 e. The lowest BCUT2D eigenvalue weighted by atomic mass is 9.86. The van der Waals surface area contributed by atoms with Crippen molar-refractivity contribution in [3.05, 3.63) is 0 Å². The summed E-state index contributed by atoms with van der Waals surface area (Å²) in [6.45, 7) is 5.27. The van der Waals surface area contributed by atoms with Gasteiger partial charge in [0.2, 0.25) is 5.91 Å². The lowest BCUT2D eigenvalue weighted by Gasteiger charge is -2.26.